The second-order valence-electron chi connectivity index (χ2n) is 5.05. The summed E-state index contributed by atoms with van der Waals surface area (Å²) in [6, 6.07) is 9.97. The van der Waals surface area contributed by atoms with Crippen molar-refractivity contribution < 1.29 is 5.11 Å². The highest BCUT2D eigenvalue weighted by atomic mass is 16.3. The molecule has 0 spiro atoms. The van der Waals surface area contributed by atoms with Gasteiger partial charge in [0.15, 0.2) is 0 Å². The number of pyridine rings is 1. The van der Waals surface area contributed by atoms with Crippen molar-refractivity contribution in [2.24, 2.45) is 7.05 Å². The number of aliphatic hydroxyl groups excluding tert-OH is 1. The number of nitrogens with zero attached hydrogens (tertiary/aromatic N) is 3. The highest BCUT2D eigenvalue weighted by molar-refractivity contribution is 5.81. The topological polar surface area (TPSA) is 50.9 Å². The highest BCUT2D eigenvalue weighted by Crippen LogP contribution is 2.24. The third kappa shape index (κ3) is 2.30. The number of aryl methyl sites for hydroxylation is 2. The van der Waals surface area contributed by atoms with E-state index in [1.54, 1.807) is 10.9 Å². The number of aliphatic hydroxyl groups is 1. The molecule has 0 aliphatic rings. The molecule has 102 valence electrons. The molecule has 4 nitrogen and oxygen atoms in total. The van der Waals surface area contributed by atoms with Crippen molar-refractivity contribution in [2.75, 3.05) is 0 Å². The number of aromatic nitrogens is 3. The van der Waals surface area contributed by atoms with Crippen LogP contribution in [0, 0.1) is 6.92 Å². The normalized spacial score (nSPS) is 12.8. The summed E-state index contributed by atoms with van der Waals surface area (Å²) in [7, 11) is 1.87. The molecule has 0 aliphatic carbocycles. The number of hydrogen-bond acceptors (Lipinski definition) is 3. The number of hydrogen-bond donors (Lipinski definition) is 1. The Morgan fingerprint density at radius 3 is 2.80 bits per heavy atom. The first-order chi connectivity index (χ1) is 9.65. The van der Waals surface area contributed by atoms with E-state index in [-0.39, 0.29) is 0 Å². The largest absolute Gasteiger partial charge is 0.388 e. The summed E-state index contributed by atoms with van der Waals surface area (Å²) < 4.78 is 1.73. The third-order valence-corrected chi connectivity index (χ3v) is 3.56. The minimum atomic E-state index is -0.547. The van der Waals surface area contributed by atoms with Crippen LogP contribution in [0.25, 0.3) is 10.9 Å². The van der Waals surface area contributed by atoms with Gasteiger partial charge in [-0.3, -0.25) is 9.67 Å². The van der Waals surface area contributed by atoms with Crippen LogP contribution in [0.2, 0.25) is 0 Å². The van der Waals surface area contributed by atoms with Gasteiger partial charge in [0, 0.05) is 36.8 Å². The molecule has 0 radical (unpaired) electrons. The van der Waals surface area contributed by atoms with Gasteiger partial charge in [-0.15, -0.1) is 0 Å². The molecule has 0 fully saturated rings. The Kier molecular flexibility index (Phi) is 3.24. The van der Waals surface area contributed by atoms with E-state index >= 15 is 0 Å². The molecule has 0 saturated carbocycles. The molecule has 2 heterocycles. The van der Waals surface area contributed by atoms with Gasteiger partial charge in [0.25, 0.3) is 0 Å². The zero-order valence-electron chi connectivity index (χ0n) is 11.6. The van der Waals surface area contributed by atoms with Crippen LogP contribution in [0.1, 0.15) is 22.9 Å². The van der Waals surface area contributed by atoms with Crippen LogP contribution >= 0.6 is 0 Å². The molecule has 20 heavy (non-hydrogen) atoms. The molecular weight excluding hydrogens is 250 g/mol. The van der Waals surface area contributed by atoms with Crippen LogP contribution < -0.4 is 0 Å². The highest BCUT2D eigenvalue weighted by Gasteiger charge is 2.15. The number of rotatable bonds is 3. The summed E-state index contributed by atoms with van der Waals surface area (Å²) in [6.07, 6.45) is 3.69. The third-order valence-electron chi connectivity index (χ3n) is 3.56. The fourth-order valence-electron chi connectivity index (χ4n) is 2.60. The van der Waals surface area contributed by atoms with E-state index in [0.29, 0.717) is 6.42 Å². The van der Waals surface area contributed by atoms with E-state index in [4.69, 9.17) is 0 Å². The summed E-state index contributed by atoms with van der Waals surface area (Å²) in [5.41, 5.74) is 3.82. The molecule has 0 amide bonds. The Labute approximate surface area is 117 Å². The van der Waals surface area contributed by atoms with Crippen molar-refractivity contribution in [3.63, 3.8) is 0 Å². The molecule has 3 aromatic rings. The molecule has 3 rings (SSSR count). The van der Waals surface area contributed by atoms with E-state index in [0.717, 1.165) is 27.7 Å². The zero-order chi connectivity index (χ0) is 14.1. The Balaban J connectivity index is 1.95. The maximum absolute atomic E-state index is 10.5. The van der Waals surface area contributed by atoms with E-state index in [1.165, 1.54) is 0 Å². The van der Waals surface area contributed by atoms with Gasteiger partial charge in [0.1, 0.15) is 0 Å². The fraction of sp³-hybridized carbons (Fsp3) is 0.250. The molecular formula is C16H17N3O. The first-order valence-corrected chi connectivity index (χ1v) is 6.66. The van der Waals surface area contributed by atoms with E-state index in [9.17, 15) is 5.11 Å². The predicted octanol–water partition coefficient (Wildman–Crippen LogP) is 2.55. The van der Waals surface area contributed by atoms with Crippen molar-refractivity contribution in [3.8, 4) is 0 Å². The molecule has 0 saturated heterocycles. The molecule has 1 N–H and O–H groups in total. The molecule has 4 heteroatoms. The van der Waals surface area contributed by atoms with Crippen molar-refractivity contribution in [1.82, 2.24) is 14.8 Å². The minimum Gasteiger partial charge on any atom is -0.388 e. The molecule has 0 aliphatic heterocycles. The Hall–Kier alpha value is -2.20. The average Bonchev–Trinajstić information content (AvgIpc) is 2.78. The lowest BCUT2D eigenvalue weighted by Crippen LogP contribution is -2.03. The molecule has 1 atom stereocenters. The van der Waals surface area contributed by atoms with E-state index in [2.05, 4.69) is 10.1 Å². The summed E-state index contributed by atoms with van der Waals surface area (Å²) in [6.45, 7) is 1.92. The monoisotopic (exact) mass is 267 g/mol. The van der Waals surface area contributed by atoms with Crippen molar-refractivity contribution in [2.45, 2.75) is 19.4 Å². The average molecular weight is 267 g/mol. The molecule has 1 unspecified atom stereocenters. The van der Waals surface area contributed by atoms with Gasteiger partial charge in [-0.25, -0.2) is 0 Å². The predicted molar refractivity (Wildman–Crippen MR) is 78.4 cm³/mol. The van der Waals surface area contributed by atoms with Crippen LogP contribution in [-0.2, 0) is 13.5 Å². The maximum Gasteiger partial charge on any atom is 0.0863 e. The maximum atomic E-state index is 10.5. The Morgan fingerprint density at radius 1 is 1.25 bits per heavy atom. The van der Waals surface area contributed by atoms with E-state index < -0.39 is 6.10 Å². The molecule has 1 aromatic carbocycles. The van der Waals surface area contributed by atoms with Gasteiger partial charge < -0.3 is 5.11 Å². The van der Waals surface area contributed by atoms with Gasteiger partial charge in [0.2, 0.25) is 0 Å². The quantitative estimate of drug-likeness (QED) is 0.793. The summed E-state index contributed by atoms with van der Waals surface area (Å²) >= 11 is 0. The van der Waals surface area contributed by atoms with Crippen LogP contribution in [0.15, 0.2) is 42.7 Å². The lowest BCUT2D eigenvalue weighted by atomic mass is 9.99. The second-order valence-corrected chi connectivity index (χ2v) is 5.05. The molecule has 0 bridgehead atoms. The Bertz CT molecular complexity index is 743. The van der Waals surface area contributed by atoms with Crippen LogP contribution in [-0.4, -0.2) is 19.9 Å². The van der Waals surface area contributed by atoms with Gasteiger partial charge in [-0.1, -0.05) is 18.2 Å². The van der Waals surface area contributed by atoms with Gasteiger partial charge >= 0.3 is 0 Å². The molecule has 2 aromatic heterocycles. The summed E-state index contributed by atoms with van der Waals surface area (Å²) in [4.78, 5) is 4.35. The lowest BCUT2D eigenvalue weighted by Gasteiger charge is -2.11. The van der Waals surface area contributed by atoms with Gasteiger partial charge in [-0.2, -0.15) is 5.10 Å². The van der Waals surface area contributed by atoms with Crippen LogP contribution in [0.4, 0.5) is 0 Å². The van der Waals surface area contributed by atoms with Gasteiger partial charge in [-0.05, 0) is 24.6 Å². The summed E-state index contributed by atoms with van der Waals surface area (Å²) in [5, 5.41) is 15.8. The van der Waals surface area contributed by atoms with Crippen molar-refractivity contribution >= 4 is 10.9 Å². The van der Waals surface area contributed by atoms with Crippen molar-refractivity contribution in [1.29, 1.82) is 0 Å². The minimum absolute atomic E-state index is 0.547. The first-order valence-electron chi connectivity index (χ1n) is 6.66. The standard InChI is InChI=1S/C16H17N3O/c1-11-14(10-19(2)18-11)16(20)9-12-7-8-17-15-6-4-3-5-13(12)15/h3-8,10,16,20H,9H2,1-2H3. The van der Waals surface area contributed by atoms with E-state index in [1.807, 2.05) is 50.5 Å². The number of para-hydroxylation sites is 1. The zero-order valence-corrected chi connectivity index (χ0v) is 11.6. The smallest absolute Gasteiger partial charge is 0.0863 e. The number of benzene rings is 1. The second kappa shape index (κ2) is 5.06. The number of fused-ring (bicyclic) bond motifs is 1. The fourth-order valence-corrected chi connectivity index (χ4v) is 2.60. The van der Waals surface area contributed by atoms with Crippen LogP contribution in [0.3, 0.4) is 0 Å². The summed E-state index contributed by atoms with van der Waals surface area (Å²) in [5.74, 6) is 0. The van der Waals surface area contributed by atoms with Gasteiger partial charge in [0.05, 0.1) is 17.3 Å². The lowest BCUT2D eigenvalue weighted by molar-refractivity contribution is 0.178. The van der Waals surface area contributed by atoms with Crippen molar-refractivity contribution in [3.05, 3.63) is 59.5 Å². The van der Waals surface area contributed by atoms with Crippen LogP contribution in [0.5, 0.6) is 0 Å². The SMILES string of the molecule is Cc1nn(C)cc1C(O)Cc1ccnc2ccccc12. The first kappa shape index (κ1) is 12.8. The Morgan fingerprint density at radius 2 is 2.05 bits per heavy atom.